The number of para-hydroxylation sites is 1. The molecule has 0 unspecified atom stereocenters. The highest BCUT2D eigenvalue weighted by molar-refractivity contribution is 7.19. The molecule has 29 heavy (non-hydrogen) atoms. The molecule has 1 amide bonds. The Bertz CT molecular complexity index is 1010. The second-order valence-corrected chi connectivity index (χ2v) is 6.99. The van der Waals surface area contributed by atoms with Crippen LogP contribution in [0.4, 0.5) is 0 Å². The average molecular weight is 412 g/mol. The van der Waals surface area contributed by atoms with E-state index >= 15 is 0 Å². The fourth-order valence-corrected chi connectivity index (χ4v) is 3.40. The van der Waals surface area contributed by atoms with Gasteiger partial charge in [-0.15, -0.1) is 11.3 Å². The number of amides is 1. The van der Waals surface area contributed by atoms with Gasteiger partial charge >= 0.3 is 5.97 Å². The molecule has 0 spiro atoms. The minimum Gasteiger partial charge on any atom is -0.493 e. The second-order valence-electron chi connectivity index (χ2n) is 5.93. The summed E-state index contributed by atoms with van der Waals surface area (Å²) >= 11 is 1.47. The van der Waals surface area contributed by atoms with Crippen molar-refractivity contribution >= 4 is 39.5 Å². The zero-order valence-corrected chi connectivity index (χ0v) is 16.8. The van der Waals surface area contributed by atoms with Gasteiger partial charge in [0.05, 0.1) is 24.4 Å². The predicted molar refractivity (Wildman–Crippen MR) is 111 cm³/mol. The molecular formula is C21H20N2O5S. The molecule has 0 fully saturated rings. The highest BCUT2D eigenvalue weighted by atomic mass is 32.1. The summed E-state index contributed by atoms with van der Waals surface area (Å²) in [7, 11) is 3.10. The maximum atomic E-state index is 11.9. The molecule has 2 aromatic carbocycles. The van der Waals surface area contributed by atoms with Gasteiger partial charge in [-0.25, -0.2) is 9.78 Å². The zero-order valence-electron chi connectivity index (χ0n) is 16.0. The lowest BCUT2D eigenvalue weighted by Gasteiger charge is -2.10. The Morgan fingerprint density at radius 3 is 2.66 bits per heavy atom. The molecular weight excluding hydrogens is 392 g/mol. The van der Waals surface area contributed by atoms with E-state index in [0.29, 0.717) is 16.5 Å². The highest BCUT2D eigenvalue weighted by Crippen LogP contribution is 2.27. The van der Waals surface area contributed by atoms with Gasteiger partial charge < -0.3 is 19.5 Å². The van der Waals surface area contributed by atoms with Crippen molar-refractivity contribution in [3.8, 4) is 11.5 Å². The molecule has 3 aromatic rings. The summed E-state index contributed by atoms with van der Waals surface area (Å²) in [6.07, 6.45) is 2.84. The van der Waals surface area contributed by atoms with Gasteiger partial charge in [-0.05, 0) is 35.9 Å². The van der Waals surface area contributed by atoms with E-state index in [0.717, 1.165) is 15.8 Å². The van der Waals surface area contributed by atoms with Crippen LogP contribution in [0.15, 0.2) is 48.5 Å². The molecule has 8 heteroatoms. The van der Waals surface area contributed by atoms with Crippen molar-refractivity contribution in [2.45, 2.75) is 6.54 Å². The van der Waals surface area contributed by atoms with E-state index in [2.05, 4.69) is 10.3 Å². The maximum Gasteiger partial charge on any atom is 0.331 e. The Morgan fingerprint density at radius 1 is 1.10 bits per heavy atom. The fraction of sp³-hybridized carbons (Fsp3) is 0.190. The van der Waals surface area contributed by atoms with Crippen molar-refractivity contribution in [3.63, 3.8) is 0 Å². The van der Waals surface area contributed by atoms with Gasteiger partial charge in [-0.3, -0.25) is 4.79 Å². The van der Waals surface area contributed by atoms with E-state index in [9.17, 15) is 9.59 Å². The summed E-state index contributed by atoms with van der Waals surface area (Å²) in [4.78, 5) is 28.1. The molecule has 7 nitrogen and oxygen atoms in total. The third kappa shape index (κ3) is 5.55. The molecule has 1 aromatic heterocycles. The van der Waals surface area contributed by atoms with Crippen LogP contribution in [-0.4, -0.2) is 37.7 Å². The van der Waals surface area contributed by atoms with Gasteiger partial charge in [-0.1, -0.05) is 18.2 Å². The van der Waals surface area contributed by atoms with Crippen molar-refractivity contribution in [2.24, 2.45) is 0 Å². The Balaban J connectivity index is 1.45. The summed E-state index contributed by atoms with van der Waals surface area (Å²) in [5, 5.41) is 3.38. The summed E-state index contributed by atoms with van der Waals surface area (Å²) < 4.78 is 16.4. The second kappa shape index (κ2) is 9.70. The SMILES string of the molecule is COc1ccc(CNC(=O)COC(=O)C=Cc2nc3ccccc3s2)cc1OC. The molecule has 0 aliphatic carbocycles. The largest absolute Gasteiger partial charge is 0.493 e. The number of carbonyl (C=O) groups is 2. The number of nitrogens with zero attached hydrogens (tertiary/aromatic N) is 1. The third-order valence-corrected chi connectivity index (χ3v) is 4.96. The molecule has 150 valence electrons. The Morgan fingerprint density at radius 2 is 1.90 bits per heavy atom. The topological polar surface area (TPSA) is 86.8 Å². The summed E-state index contributed by atoms with van der Waals surface area (Å²) in [6, 6.07) is 13.1. The number of carbonyl (C=O) groups excluding carboxylic acids is 2. The highest BCUT2D eigenvalue weighted by Gasteiger charge is 2.08. The number of methoxy groups -OCH3 is 2. The molecule has 0 aliphatic rings. The van der Waals surface area contributed by atoms with Crippen molar-refractivity contribution in [1.82, 2.24) is 10.3 Å². The van der Waals surface area contributed by atoms with Crippen LogP contribution in [0, 0.1) is 0 Å². The van der Waals surface area contributed by atoms with Crippen molar-refractivity contribution in [1.29, 1.82) is 0 Å². The lowest BCUT2D eigenvalue weighted by molar-refractivity contribution is -0.143. The Hall–Kier alpha value is -3.39. The van der Waals surface area contributed by atoms with Crippen molar-refractivity contribution < 1.29 is 23.8 Å². The first-order valence-electron chi connectivity index (χ1n) is 8.77. The third-order valence-electron chi connectivity index (χ3n) is 3.96. The number of thiazole rings is 1. The van der Waals surface area contributed by atoms with E-state index in [4.69, 9.17) is 14.2 Å². The van der Waals surface area contributed by atoms with E-state index in [1.54, 1.807) is 32.4 Å². The van der Waals surface area contributed by atoms with Crippen LogP contribution in [0.25, 0.3) is 16.3 Å². The number of aromatic nitrogens is 1. The molecule has 1 N–H and O–H groups in total. The summed E-state index contributed by atoms with van der Waals surface area (Å²) in [5.41, 5.74) is 1.71. The average Bonchev–Trinajstić information content (AvgIpc) is 3.17. The van der Waals surface area contributed by atoms with E-state index < -0.39 is 11.9 Å². The van der Waals surface area contributed by atoms with Crippen LogP contribution in [-0.2, 0) is 20.9 Å². The van der Waals surface area contributed by atoms with Crippen LogP contribution in [0.1, 0.15) is 10.6 Å². The van der Waals surface area contributed by atoms with Crippen LogP contribution in [0.3, 0.4) is 0 Å². The number of nitrogens with one attached hydrogen (secondary N) is 1. The minimum absolute atomic E-state index is 0.276. The zero-order chi connectivity index (χ0) is 20.6. The van der Waals surface area contributed by atoms with Gasteiger partial charge in [0.15, 0.2) is 18.1 Å². The van der Waals surface area contributed by atoms with Gasteiger partial charge in [0.25, 0.3) is 5.91 Å². The molecule has 0 aliphatic heterocycles. The minimum atomic E-state index is -0.606. The summed E-state index contributed by atoms with van der Waals surface area (Å²) in [6.45, 7) is -0.0887. The number of hydrogen-bond acceptors (Lipinski definition) is 7. The van der Waals surface area contributed by atoms with Crippen molar-refractivity contribution in [3.05, 3.63) is 59.1 Å². The Labute approximate surface area is 171 Å². The molecule has 1 heterocycles. The number of hydrogen-bond donors (Lipinski definition) is 1. The number of ether oxygens (including phenoxy) is 3. The van der Waals surface area contributed by atoms with Crippen LogP contribution in [0.5, 0.6) is 11.5 Å². The van der Waals surface area contributed by atoms with Crippen LogP contribution < -0.4 is 14.8 Å². The number of fused-ring (bicyclic) bond motifs is 1. The van der Waals surface area contributed by atoms with E-state index in [-0.39, 0.29) is 13.2 Å². The van der Waals surface area contributed by atoms with Gasteiger partial charge in [0, 0.05) is 12.6 Å². The van der Waals surface area contributed by atoms with Gasteiger partial charge in [-0.2, -0.15) is 0 Å². The van der Waals surface area contributed by atoms with Crippen LogP contribution >= 0.6 is 11.3 Å². The Kier molecular flexibility index (Phi) is 6.80. The molecule has 0 saturated carbocycles. The first-order valence-corrected chi connectivity index (χ1v) is 9.58. The van der Waals surface area contributed by atoms with Gasteiger partial charge in [0.1, 0.15) is 5.01 Å². The monoisotopic (exact) mass is 412 g/mol. The standard InChI is InChI=1S/C21H20N2O5S/c1-26-16-8-7-14(11-17(16)27-2)12-22-19(24)13-28-21(25)10-9-20-23-15-5-3-4-6-18(15)29-20/h3-11H,12-13H2,1-2H3,(H,22,24). The van der Waals surface area contributed by atoms with E-state index in [1.165, 1.54) is 17.4 Å². The first kappa shape index (κ1) is 20.3. The van der Waals surface area contributed by atoms with Crippen LogP contribution in [0.2, 0.25) is 0 Å². The number of esters is 1. The lowest BCUT2D eigenvalue weighted by Crippen LogP contribution is -2.28. The maximum absolute atomic E-state index is 11.9. The number of rotatable bonds is 8. The molecule has 3 rings (SSSR count). The number of benzene rings is 2. The molecule has 0 atom stereocenters. The molecule has 0 bridgehead atoms. The quantitative estimate of drug-likeness (QED) is 0.452. The molecule has 0 saturated heterocycles. The smallest absolute Gasteiger partial charge is 0.331 e. The van der Waals surface area contributed by atoms with Crippen molar-refractivity contribution in [2.75, 3.05) is 20.8 Å². The fourth-order valence-electron chi connectivity index (χ4n) is 2.53. The molecule has 0 radical (unpaired) electrons. The van der Waals surface area contributed by atoms with Gasteiger partial charge in [0.2, 0.25) is 0 Å². The lowest BCUT2D eigenvalue weighted by atomic mass is 10.2. The normalized spacial score (nSPS) is 10.8. The summed E-state index contributed by atoms with van der Waals surface area (Å²) in [5.74, 6) is 0.175. The van der Waals surface area contributed by atoms with E-state index in [1.807, 2.05) is 30.3 Å². The predicted octanol–water partition coefficient (Wildman–Crippen LogP) is 3.19. The first-order chi connectivity index (χ1) is 14.1.